The second kappa shape index (κ2) is 7.81. The molecule has 1 amide bonds. The summed E-state index contributed by atoms with van der Waals surface area (Å²) in [6.07, 6.45) is 7.91. The molecule has 0 bridgehead atoms. The van der Waals surface area contributed by atoms with Crippen LogP contribution in [0.3, 0.4) is 0 Å². The largest absolute Gasteiger partial charge is 0.341 e. The zero-order valence-electron chi connectivity index (χ0n) is 13.1. The first kappa shape index (κ1) is 17.0. The third-order valence-corrected chi connectivity index (χ3v) is 4.35. The Morgan fingerprint density at radius 3 is 2.12 bits per heavy atom. The topological polar surface area (TPSA) is 58.1 Å². The molecule has 0 saturated carbocycles. The zero-order valence-corrected chi connectivity index (χ0v) is 14.6. The van der Waals surface area contributed by atoms with Crippen molar-refractivity contribution in [3.8, 4) is 0 Å². The standard InChI is InChI=1S/C17H18Cl2N4O/c18-13-7-14(19)9-15(8-13)22-16(24)12-10-20-17(21-11-12)23-5-3-1-2-4-6-23/h7-11H,1-6H2,(H,22,24). The van der Waals surface area contributed by atoms with E-state index in [4.69, 9.17) is 23.2 Å². The number of benzene rings is 1. The highest BCUT2D eigenvalue weighted by Crippen LogP contribution is 2.23. The number of nitrogens with zero attached hydrogens (tertiary/aromatic N) is 3. The molecule has 126 valence electrons. The fourth-order valence-electron chi connectivity index (χ4n) is 2.70. The van der Waals surface area contributed by atoms with Crippen molar-refractivity contribution in [2.24, 2.45) is 0 Å². The summed E-state index contributed by atoms with van der Waals surface area (Å²) in [5.41, 5.74) is 0.929. The van der Waals surface area contributed by atoms with E-state index in [1.165, 1.54) is 12.8 Å². The minimum Gasteiger partial charge on any atom is -0.341 e. The fraction of sp³-hybridized carbons (Fsp3) is 0.353. The molecule has 7 heteroatoms. The lowest BCUT2D eigenvalue weighted by molar-refractivity contribution is 0.102. The van der Waals surface area contributed by atoms with Gasteiger partial charge in [-0.15, -0.1) is 0 Å². The van der Waals surface area contributed by atoms with Gasteiger partial charge >= 0.3 is 0 Å². The summed E-state index contributed by atoms with van der Waals surface area (Å²) >= 11 is 11.9. The van der Waals surface area contributed by atoms with Crippen molar-refractivity contribution >= 4 is 40.7 Å². The number of halogens is 2. The van der Waals surface area contributed by atoms with Crippen molar-refractivity contribution in [2.45, 2.75) is 25.7 Å². The molecular formula is C17H18Cl2N4O. The van der Waals surface area contributed by atoms with Gasteiger partial charge in [-0.3, -0.25) is 4.79 Å². The SMILES string of the molecule is O=C(Nc1cc(Cl)cc(Cl)c1)c1cnc(N2CCCCCC2)nc1. The van der Waals surface area contributed by atoms with E-state index < -0.39 is 0 Å². The molecule has 3 rings (SSSR count). The Balaban J connectivity index is 1.69. The van der Waals surface area contributed by atoms with Gasteiger partial charge in [-0.2, -0.15) is 0 Å². The first-order chi connectivity index (χ1) is 11.6. The molecule has 24 heavy (non-hydrogen) atoms. The second-order valence-electron chi connectivity index (χ2n) is 5.79. The highest BCUT2D eigenvalue weighted by atomic mass is 35.5. The van der Waals surface area contributed by atoms with Gasteiger partial charge in [-0.25, -0.2) is 9.97 Å². The molecule has 1 N–H and O–H groups in total. The third kappa shape index (κ3) is 4.36. The van der Waals surface area contributed by atoms with Gasteiger partial charge in [0.05, 0.1) is 5.56 Å². The lowest BCUT2D eigenvalue weighted by Crippen LogP contribution is -2.26. The molecule has 1 fully saturated rings. The van der Waals surface area contributed by atoms with Crippen LogP contribution in [0.15, 0.2) is 30.6 Å². The number of hydrogen-bond acceptors (Lipinski definition) is 4. The number of amides is 1. The van der Waals surface area contributed by atoms with Crippen LogP contribution in [-0.4, -0.2) is 29.0 Å². The smallest absolute Gasteiger partial charge is 0.258 e. The maximum absolute atomic E-state index is 12.3. The Bertz CT molecular complexity index is 693. The zero-order chi connectivity index (χ0) is 16.9. The van der Waals surface area contributed by atoms with Crippen molar-refractivity contribution in [2.75, 3.05) is 23.3 Å². The monoisotopic (exact) mass is 364 g/mol. The van der Waals surface area contributed by atoms with Gasteiger partial charge in [-0.05, 0) is 31.0 Å². The third-order valence-electron chi connectivity index (χ3n) is 3.91. The highest BCUT2D eigenvalue weighted by molar-refractivity contribution is 6.35. The van der Waals surface area contributed by atoms with Crippen molar-refractivity contribution in [3.05, 3.63) is 46.2 Å². The Morgan fingerprint density at radius 1 is 0.958 bits per heavy atom. The molecule has 5 nitrogen and oxygen atoms in total. The summed E-state index contributed by atoms with van der Waals surface area (Å²) < 4.78 is 0. The summed E-state index contributed by atoms with van der Waals surface area (Å²) in [6, 6.07) is 4.88. The number of hydrogen-bond donors (Lipinski definition) is 1. The number of carbonyl (C=O) groups excluding carboxylic acids is 1. The Labute approximate surface area is 151 Å². The molecule has 1 aromatic carbocycles. The molecule has 0 atom stereocenters. The van der Waals surface area contributed by atoms with Gasteiger partial charge in [0.1, 0.15) is 0 Å². The molecular weight excluding hydrogens is 347 g/mol. The molecule has 1 saturated heterocycles. The average Bonchev–Trinajstić information content (AvgIpc) is 2.83. The highest BCUT2D eigenvalue weighted by Gasteiger charge is 2.14. The lowest BCUT2D eigenvalue weighted by Gasteiger charge is -2.19. The van der Waals surface area contributed by atoms with Crippen LogP contribution in [0.5, 0.6) is 0 Å². The molecule has 1 aliphatic rings. The molecule has 0 radical (unpaired) electrons. The van der Waals surface area contributed by atoms with E-state index in [9.17, 15) is 4.79 Å². The number of aromatic nitrogens is 2. The van der Waals surface area contributed by atoms with Crippen LogP contribution in [0, 0.1) is 0 Å². The maximum atomic E-state index is 12.3. The van der Waals surface area contributed by atoms with E-state index >= 15 is 0 Å². The van der Waals surface area contributed by atoms with Crippen LogP contribution in [0.25, 0.3) is 0 Å². The van der Waals surface area contributed by atoms with E-state index in [1.807, 2.05) is 0 Å². The van der Waals surface area contributed by atoms with Crippen molar-refractivity contribution < 1.29 is 4.79 Å². The summed E-state index contributed by atoms with van der Waals surface area (Å²) in [7, 11) is 0. The Hall–Kier alpha value is -1.85. The molecule has 2 heterocycles. The predicted molar refractivity (Wildman–Crippen MR) is 97.1 cm³/mol. The number of anilines is 2. The van der Waals surface area contributed by atoms with E-state index in [1.54, 1.807) is 30.6 Å². The van der Waals surface area contributed by atoms with E-state index in [2.05, 4.69) is 20.2 Å². The molecule has 1 aliphatic heterocycles. The number of nitrogens with one attached hydrogen (secondary N) is 1. The van der Waals surface area contributed by atoms with Gasteiger partial charge in [0.25, 0.3) is 5.91 Å². The normalized spacial score (nSPS) is 15.0. The Kier molecular flexibility index (Phi) is 5.53. The molecule has 0 spiro atoms. The van der Waals surface area contributed by atoms with Crippen LogP contribution < -0.4 is 10.2 Å². The van der Waals surface area contributed by atoms with Crippen LogP contribution in [0.4, 0.5) is 11.6 Å². The van der Waals surface area contributed by atoms with Crippen molar-refractivity contribution in [3.63, 3.8) is 0 Å². The quantitative estimate of drug-likeness (QED) is 0.875. The minimum absolute atomic E-state index is 0.296. The minimum atomic E-state index is -0.296. The molecule has 1 aromatic heterocycles. The fourth-order valence-corrected chi connectivity index (χ4v) is 3.23. The number of rotatable bonds is 3. The lowest BCUT2D eigenvalue weighted by atomic mass is 10.2. The van der Waals surface area contributed by atoms with Crippen LogP contribution in [0.2, 0.25) is 10.0 Å². The predicted octanol–water partition coefficient (Wildman–Crippen LogP) is 4.42. The average molecular weight is 365 g/mol. The first-order valence-electron chi connectivity index (χ1n) is 7.96. The Morgan fingerprint density at radius 2 is 1.54 bits per heavy atom. The van der Waals surface area contributed by atoms with Crippen molar-refractivity contribution in [1.82, 2.24) is 9.97 Å². The second-order valence-corrected chi connectivity index (χ2v) is 6.66. The molecule has 0 aliphatic carbocycles. The van der Waals surface area contributed by atoms with Crippen molar-refractivity contribution in [1.29, 1.82) is 0 Å². The van der Waals surface area contributed by atoms with Crippen LogP contribution in [0.1, 0.15) is 36.0 Å². The summed E-state index contributed by atoms with van der Waals surface area (Å²) in [6.45, 7) is 1.93. The van der Waals surface area contributed by atoms with Gasteiger partial charge in [0.15, 0.2) is 0 Å². The maximum Gasteiger partial charge on any atom is 0.258 e. The molecule has 2 aromatic rings. The van der Waals surface area contributed by atoms with Gasteiger partial charge < -0.3 is 10.2 Å². The van der Waals surface area contributed by atoms with Gasteiger partial charge in [-0.1, -0.05) is 36.0 Å². The van der Waals surface area contributed by atoms with Gasteiger partial charge in [0.2, 0.25) is 5.95 Å². The van der Waals surface area contributed by atoms with E-state index in [0.29, 0.717) is 27.2 Å². The van der Waals surface area contributed by atoms with Crippen LogP contribution in [-0.2, 0) is 0 Å². The van der Waals surface area contributed by atoms with Crippen LogP contribution >= 0.6 is 23.2 Å². The van der Waals surface area contributed by atoms with E-state index in [0.717, 1.165) is 25.9 Å². The van der Waals surface area contributed by atoms with E-state index in [-0.39, 0.29) is 5.91 Å². The summed E-state index contributed by atoms with van der Waals surface area (Å²) in [5, 5.41) is 3.67. The molecule has 0 unspecified atom stereocenters. The summed E-state index contributed by atoms with van der Waals surface area (Å²) in [4.78, 5) is 23.1. The number of carbonyl (C=O) groups is 1. The van der Waals surface area contributed by atoms with Gasteiger partial charge in [0, 0.05) is 41.2 Å². The summed E-state index contributed by atoms with van der Waals surface area (Å²) in [5.74, 6) is 0.384. The first-order valence-corrected chi connectivity index (χ1v) is 8.72.